The van der Waals surface area contributed by atoms with Crippen LogP contribution in [-0.4, -0.2) is 38.7 Å². The summed E-state index contributed by atoms with van der Waals surface area (Å²) < 4.78 is 20.6. The summed E-state index contributed by atoms with van der Waals surface area (Å²) in [6.07, 6.45) is 2.99. The molecule has 0 aliphatic heterocycles. The molecule has 3 aromatic rings. The maximum absolute atomic E-state index is 13.5. The number of halogens is 1. The maximum atomic E-state index is 13.5. The summed E-state index contributed by atoms with van der Waals surface area (Å²) >= 11 is 0. The highest BCUT2D eigenvalue weighted by Gasteiger charge is 2.27. The van der Waals surface area contributed by atoms with Crippen LogP contribution in [0.3, 0.4) is 0 Å². The number of carbonyl (C=O) groups is 2. The van der Waals surface area contributed by atoms with Gasteiger partial charge in [-0.25, -0.2) is 14.2 Å². The molecule has 0 spiro atoms. The molecule has 9 heteroatoms. The Morgan fingerprint density at radius 1 is 1.09 bits per heavy atom. The van der Waals surface area contributed by atoms with Crippen molar-refractivity contribution >= 4 is 12.0 Å². The number of hydrogen-bond acceptors (Lipinski definition) is 5. The summed E-state index contributed by atoms with van der Waals surface area (Å²) in [5.74, 6) is -0.568. The fraction of sp³-hybridized carbons (Fsp3) is 0.385. The second-order valence-corrected chi connectivity index (χ2v) is 9.89. The summed E-state index contributed by atoms with van der Waals surface area (Å²) in [5.41, 5.74) is 1.93. The Morgan fingerprint density at radius 3 is 2.37 bits per heavy atom. The van der Waals surface area contributed by atoms with Gasteiger partial charge in [-0.2, -0.15) is 0 Å². The zero-order chi connectivity index (χ0) is 25.8. The van der Waals surface area contributed by atoms with E-state index in [0.717, 1.165) is 11.1 Å². The Morgan fingerprint density at radius 2 is 1.77 bits per heavy atom. The Labute approximate surface area is 204 Å². The van der Waals surface area contributed by atoms with E-state index in [1.54, 1.807) is 50.8 Å². The van der Waals surface area contributed by atoms with Crippen LogP contribution in [0.25, 0.3) is 11.3 Å². The molecular weight excluding hydrogens is 449 g/mol. The second kappa shape index (κ2) is 10.2. The molecule has 2 amide bonds. The van der Waals surface area contributed by atoms with Crippen LogP contribution in [0.1, 0.15) is 56.4 Å². The molecule has 0 fully saturated rings. The number of nitrogens with one attached hydrogen (secondary N) is 2. The number of aryl methyl sites for hydroxylation is 1. The Balaban J connectivity index is 1.85. The molecule has 0 bridgehead atoms. The number of rotatable bonds is 7. The third-order valence-electron chi connectivity index (χ3n) is 5.27. The molecule has 2 N–H and O–H groups in total. The van der Waals surface area contributed by atoms with Crippen LogP contribution in [0, 0.1) is 5.82 Å². The molecule has 3 rings (SSSR count). The van der Waals surface area contributed by atoms with E-state index in [0.29, 0.717) is 30.0 Å². The van der Waals surface area contributed by atoms with E-state index in [2.05, 4.69) is 15.6 Å². The lowest BCUT2D eigenvalue weighted by Crippen LogP contribution is -2.44. The smallest absolute Gasteiger partial charge is 0.408 e. The van der Waals surface area contributed by atoms with Crippen molar-refractivity contribution in [2.24, 2.45) is 7.05 Å². The van der Waals surface area contributed by atoms with E-state index in [1.165, 1.54) is 18.3 Å². The highest BCUT2D eigenvalue weighted by atomic mass is 19.1. The fourth-order valence-electron chi connectivity index (χ4n) is 3.45. The topological polar surface area (TPSA) is 98.1 Å². The average molecular weight is 482 g/mol. The molecule has 0 saturated heterocycles. The van der Waals surface area contributed by atoms with Gasteiger partial charge < -0.3 is 19.9 Å². The molecule has 0 atom stereocenters. The van der Waals surface area contributed by atoms with Gasteiger partial charge in [0.15, 0.2) is 0 Å². The molecule has 0 radical (unpaired) electrons. The van der Waals surface area contributed by atoms with Gasteiger partial charge in [0.1, 0.15) is 17.1 Å². The van der Waals surface area contributed by atoms with Crippen molar-refractivity contribution in [2.75, 3.05) is 6.54 Å². The van der Waals surface area contributed by atoms with Gasteiger partial charge in [0.05, 0.1) is 23.8 Å². The van der Waals surface area contributed by atoms with Gasteiger partial charge in [-0.1, -0.05) is 0 Å². The van der Waals surface area contributed by atoms with Gasteiger partial charge >= 0.3 is 6.09 Å². The summed E-state index contributed by atoms with van der Waals surface area (Å²) in [4.78, 5) is 33.6. The van der Waals surface area contributed by atoms with Crippen LogP contribution in [-0.2, 0) is 23.7 Å². The molecule has 0 aliphatic rings. The SMILES string of the molecule is Cn1cncc1C(=O)NCCc1cc(C(C)(C)NC(=O)OC(C)(C)C)cc(-c2ccc(F)cc2)n1. The minimum Gasteiger partial charge on any atom is -0.444 e. The van der Waals surface area contributed by atoms with Crippen molar-refractivity contribution in [1.29, 1.82) is 0 Å². The number of carbonyl (C=O) groups excluding carboxylic acids is 2. The third-order valence-corrected chi connectivity index (χ3v) is 5.27. The normalized spacial score (nSPS) is 11.7. The second-order valence-electron chi connectivity index (χ2n) is 9.89. The lowest BCUT2D eigenvalue weighted by Gasteiger charge is -2.29. The number of imidazole rings is 1. The first-order chi connectivity index (χ1) is 16.3. The Hall–Kier alpha value is -3.75. The number of alkyl carbamates (subject to hydrolysis) is 1. The standard InChI is InChI=1S/C26H32FN5O3/c1-25(2,3)35-24(34)31-26(4,5)18-13-20(11-12-29-23(33)22-15-28-16-32(22)6)30-21(14-18)17-7-9-19(27)10-8-17/h7-10,13-16H,11-12H2,1-6H3,(H,29,33)(H,31,34). The summed E-state index contributed by atoms with van der Waals surface area (Å²) in [6.45, 7) is 9.50. The van der Waals surface area contributed by atoms with Crippen molar-refractivity contribution < 1.29 is 18.7 Å². The van der Waals surface area contributed by atoms with Gasteiger partial charge in [0, 0.05) is 31.3 Å². The number of hydrogen-bond donors (Lipinski definition) is 2. The van der Waals surface area contributed by atoms with Gasteiger partial charge in [-0.15, -0.1) is 0 Å². The molecular formula is C26H32FN5O3. The summed E-state index contributed by atoms with van der Waals surface area (Å²) in [5, 5.41) is 5.79. The number of ether oxygens (including phenoxy) is 1. The maximum Gasteiger partial charge on any atom is 0.408 e. The molecule has 0 saturated carbocycles. The average Bonchev–Trinajstić information content (AvgIpc) is 3.18. The van der Waals surface area contributed by atoms with E-state index in [4.69, 9.17) is 9.72 Å². The highest BCUT2D eigenvalue weighted by Crippen LogP contribution is 2.27. The first-order valence-electron chi connectivity index (χ1n) is 11.4. The van der Waals surface area contributed by atoms with Crippen LogP contribution in [0.4, 0.5) is 9.18 Å². The molecule has 35 heavy (non-hydrogen) atoms. The summed E-state index contributed by atoms with van der Waals surface area (Å²) in [7, 11) is 1.75. The zero-order valence-corrected chi connectivity index (χ0v) is 21.0. The number of aromatic nitrogens is 3. The van der Waals surface area contributed by atoms with Crippen LogP contribution in [0.2, 0.25) is 0 Å². The molecule has 8 nitrogen and oxygen atoms in total. The number of amides is 2. The zero-order valence-electron chi connectivity index (χ0n) is 21.0. The van der Waals surface area contributed by atoms with E-state index in [-0.39, 0.29) is 11.7 Å². The number of pyridine rings is 1. The fourth-order valence-corrected chi connectivity index (χ4v) is 3.45. The predicted molar refractivity (Wildman–Crippen MR) is 131 cm³/mol. The number of benzene rings is 1. The van der Waals surface area contributed by atoms with Crippen molar-refractivity contribution in [3.63, 3.8) is 0 Å². The highest BCUT2D eigenvalue weighted by molar-refractivity contribution is 5.92. The van der Waals surface area contributed by atoms with Crippen LogP contribution >= 0.6 is 0 Å². The van der Waals surface area contributed by atoms with Crippen molar-refractivity contribution in [2.45, 2.75) is 52.2 Å². The first kappa shape index (κ1) is 25.9. The van der Waals surface area contributed by atoms with Crippen LogP contribution in [0.5, 0.6) is 0 Å². The largest absolute Gasteiger partial charge is 0.444 e. The molecule has 2 heterocycles. The minimum atomic E-state index is -0.785. The molecule has 0 aliphatic carbocycles. The summed E-state index contributed by atoms with van der Waals surface area (Å²) in [6, 6.07) is 9.82. The van der Waals surface area contributed by atoms with E-state index < -0.39 is 17.2 Å². The molecule has 186 valence electrons. The van der Waals surface area contributed by atoms with Gasteiger partial charge in [0.25, 0.3) is 5.91 Å². The van der Waals surface area contributed by atoms with Crippen LogP contribution < -0.4 is 10.6 Å². The molecule has 1 aromatic carbocycles. The lowest BCUT2D eigenvalue weighted by molar-refractivity contribution is 0.0470. The Kier molecular flexibility index (Phi) is 7.57. The first-order valence-corrected chi connectivity index (χ1v) is 11.4. The quantitative estimate of drug-likeness (QED) is 0.523. The number of nitrogens with zero attached hydrogens (tertiary/aromatic N) is 3. The molecule has 0 unspecified atom stereocenters. The lowest BCUT2D eigenvalue weighted by atomic mass is 9.92. The van der Waals surface area contributed by atoms with Crippen molar-refractivity contribution in [3.05, 3.63) is 71.7 Å². The van der Waals surface area contributed by atoms with E-state index in [1.807, 2.05) is 26.0 Å². The monoisotopic (exact) mass is 481 g/mol. The van der Waals surface area contributed by atoms with E-state index in [9.17, 15) is 14.0 Å². The molecule has 2 aromatic heterocycles. The third kappa shape index (κ3) is 7.11. The Bertz CT molecular complexity index is 1200. The van der Waals surface area contributed by atoms with Gasteiger partial charge in [-0.3, -0.25) is 9.78 Å². The van der Waals surface area contributed by atoms with E-state index >= 15 is 0 Å². The van der Waals surface area contributed by atoms with Crippen molar-refractivity contribution in [3.8, 4) is 11.3 Å². The van der Waals surface area contributed by atoms with Gasteiger partial charge in [0.2, 0.25) is 0 Å². The predicted octanol–water partition coefficient (Wildman–Crippen LogP) is 4.35. The van der Waals surface area contributed by atoms with Gasteiger partial charge in [-0.05, 0) is 76.6 Å². The van der Waals surface area contributed by atoms with Crippen molar-refractivity contribution in [1.82, 2.24) is 25.2 Å². The minimum absolute atomic E-state index is 0.230. The van der Waals surface area contributed by atoms with Crippen LogP contribution in [0.15, 0.2) is 48.9 Å².